The van der Waals surface area contributed by atoms with E-state index in [1.807, 2.05) is 0 Å². The lowest BCUT2D eigenvalue weighted by Gasteiger charge is -2.14. The molecule has 0 saturated heterocycles. The largest absolute Gasteiger partial charge is 0.491 e. The van der Waals surface area contributed by atoms with Gasteiger partial charge in [-0.1, -0.05) is 31.9 Å². The van der Waals surface area contributed by atoms with E-state index < -0.39 is 0 Å². The van der Waals surface area contributed by atoms with Gasteiger partial charge in [-0.2, -0.15) is 0 Å². The third-order valence-electron chi connectivity index (χ3n) is 3.64. The average Bonchev–Trinajstić information content (AvgIpc) is 2.90. The lowest BCUT2D eigenvalue weighted by atomic mass is 9.95. The molecular formula is C15H22O2. The minimum absolute atomic E-state index is 0.0769. The van der Waals surface area contributed by atoms with Crippen molar-refractivity contribution in [1.29, 1.82) is 0 Å². The van der Waals surface area contributed by atoms with Gasteiger partial charge in [0, 0.05) is 0 Å². The van der Waals surface area contributed by atoms with Crippen LogP contribution in [0.3, 0.4) is 0 Å². The van der Waals surface area contributed by atoms with Crippen LogP contribution in [0.4, 0.5) is 0 Å². The Hall–Kier alpha value is -1.02. The molecule has 0 aliphatic heterocycles. The van der Waals surface area contributed by atoms with Crippen molar-refractivity contribution in [3.63, 3.8) is 0 Å². The minimum atomic E-state index is 0.0769. The van der Waals surface area contributed by atoms with E-state index in [0.29, 0.717) is 6.61 Å². The van der Waals surface area contributed by atoms with Crippen LogP contribution < -0.4 is 4.74 Å². The predicted octanol–water partition coefficient (Wildman–Crippen LogP) is 3.28. The molecule has 0 heterocycles. The first-order valence-electron chi connectivity index (χ1n) is 6.71. The number of hydrogen-bond donors (Lipinski definition) is 1. The Morgan fingerprint density at radius 1 is 1.29 bits per heavy atom. The second-order valence-corrected chi connectivity index (χ2v) is 4.77. The van der Waals surface area contributed by atoms with Crippen LogP contribution in [-0.4, -0.2) is 18.3 Å². The van der Waals surface area contributed by atoms with Gasteiger partial charge in [0.05, 0.1) is 6.61 Å². The molecule has 0 radical (unpaired) electrons. The Labute approximate surface area is 104 Å². The SMILES string of the molecule is CCc1cc(C2CCCC2)ccc1OCCO. The predicted molar refractivity (Wildman–Crippen MR) is 69.6 cm³/mol. The van der Waals surface area contributed by atoms with Crippen LogP contribution in [-0.2, 0) is 6.42 Å². The molecular weight excluding hydrogens is 212 g/mol. The van der Waals surface area contributed by atoms with Crippen LogP contribution in [0.25, 0.3) is 0 Å². The summed E-state index contributed by atoms with van der Waals surface area (Å²) in [6.07, 6.45) is 6.39. The van der Waals surface area contributed by atoms with Gasteiger partial charge in [0.15, 0.2) is 0 Å². The summed E-state index contributed by atoms with van der Waals surface area (Å²) >= 11 is 0. The standard InChI is InChI=1S/C15H22O2/c1-2-12-11-14(13-5-3-4-6-13)7-8-15(12)17-10-9-16/h7-8,11,13,16H,2-6,9-10H2,1H3. The Bertz CT molecular complexity index is 354. The maximum atomic E-state index is 8.79. The molecule has 0 spiro atoms. The molecule has 1 aliphatic rings. The topological polar surface area (TPSA) is 29.5 Å². The van der Waals surface area contributed by atoms with Crippen molar-refractivity contribution in [3.8, 4) is 5.75 Å². The van der Waals surface area contributed by atoms with E-state index in [4.69, 9.17) is 9.84 Å². The Kier molecular flexibility index (Phi) is 4.43. The van der Waals surface area contributed by atoms with Crippen LogP contribution in [0.1, 0.15) is 49.7 Å². The summed E-state index contributed by atoms with van der Waals surface area (Å²) in [5.74, 6) is 1.69. The quantitative estimate of drug-likeness (QED) is 0.847. The molecule has 2 rings (SSSR count). The van der Waals surface area contributed by atoms with E-state index in [1.54, 1.807) is 0 Å². The molecule has 0 atom stereocenters. The highest BCUT2D eigenvalue weighted by Gasteiger charge is 2.17. The normalized spacial score (nSPS) is 16.4. The average molecular weight is 234 g/mol. The number of ether oxygens (including phenoxy) is 1. The fourth-order valence-corrected chi connectivity index (χ4v) is 2.69. The van der Waals surface area contributed by atoms with E-state index in [-0.39, 0.29) is 6.61 Å². The summed E-state index contributed by atoms with van der Waals surface area (Å²) < 4.78 is 5.54. The summed E-state index contributed by atoms with van der Waals surface area (Å²) in [6, 6.07) is 6.56. The van der Waals surface area contributed by atoms with Crippen molar-refractivity contribution in [2.24, 2.45) is 0 Å². The van der Waals surface area contributed by atoms with E-state index in [1.165, 1.54) is 36.8 Å². The van der Waals surface area contributed by atoms with Gasteiger partial charge in [-0.05, 0) is 42.4 Å². The Balaban J connectivity index is 2.14. The van der Waals surface area contributed by atoms with Crippen LogP contribution >= 0.6 is 0 Å². The molecule has 0 aromatic heterocycles. The van der Waals surface area contributed by atoms with Crippen molar-refractivity contribution in [3.05, 3.63) is 29.3 Å². The third-order valence-corrected chi connectivity index (χ3v) is 3.64. The lowest BCUT2D eigenvalue weighted by molar-refractivity contribution is 0.200. The second-order valence-electron chi connectivity index (χ2n) is 4.77. The summed E-state index contributed by atoms with van der Waals surface area (Å²) in [6.45, 7) is 2.61. The van der Waals surface area contributed by atoms with E-state index >= 15 is 0 Å². The summed E-state index contributed by atoms with van der Waals surface area (Å²) in [5, 5.41) is 8.79. The van der Waals surface area contributed by atoms with Gasteiger partial charge in [-0.15, -0.1) is 0 Å². The molecule has 1 saturated carbocycles. The second kappa shape index (κ2) is 6.06. The van der Waals surface area contributed by atoms with Crippen molar-refractivity contribution < 1.29 is 9.84 Å². The van der Waals surface area contributed by atoms with E-state index in [0.717, 1.165) is 18.1 Å². The zero-order chi connectivity index (χ0) is 12.1. The summed E-state index contributed by atoms with van der Waals surface area (Å²) in [7, 11) is 0. The molecule has 1 aromatic carbocycles. The number of aryl methyl sites for hydroxylation is 1. The molecule has 0 amide bonds. The monoisotopic (exact) mass is 234 g/mol. The molecule has 2 nitrogen and oxygen atoms in total. The zero-order valence-electron chi connectivity index (χ0n) is 10.6. The van der Waals surface area contributed by atoms with Gasteiger partial charge in [-0.25, -0.2) is 0 Å². The highest BCUT2D eigenvalue weighted by molar-refractivity contribution is 5.39. The Morgan fingerprint density at radius 3 is 2.71 bits per heavy atom. The molecule has 1 aliphatic carbocycles. The molecule has 94 valence electrons. The van der Waals surface area contributed by atoms with Crippen LogP contribution in [0.5, 0.6) is 5.75 Å². The Morgan fingerprint density at radius 2 is 2.06 bits per heavy atom. The molecule has 0 unspecified atom stereocenters. The molecule has 2 heteroatoms. The van der Waals surface area contributed by atoms with Crippen LogP contribution in [0.15, 0.2) is 18.2 Å². The summed E-state index contributed by atoms with van der Waals surface area (Å²) in [5.41, 5.74) is 2.73. The number of aliphatic hydroxyl groups is 1. The van der Waals surface area contributed by atoms with Crippen molar-refractivity contribution in [2.45, 2.75) is 44.9 Å². The smallest absolute Gasteiger partial charge is 0.122 e. The van der Waals surface area contributed by atoms with Crippen molar-refractivity contribution in [1.82, 2.24) is 0 Å². The fourth-order valence-electron chi connectivity index (χ4n) is 2.69. The molecule has 1 fully saturated rings. The summed E-state index contributed by atoms with van der Waals surface area (Å²) in [4.78, 5) is 0. The number of aliphatic hydroxyl groups excluding tert-OH is 1. The van der Waals surface area contributed by atoms with Gasteiger partial charge in [-0.3, -0.25) is 0 Å². The highest BCUT2D eigenvalue weighted by atomic mass is 16.5. The molecule has 0 bridgehead atoms. The molecule has 1 N–H and O–H groups in total. The van der Waals surface area contributed by atoms with Crippen molar-refractivity contribution >= 4 is 0 Å². The highest BCUT2D eigenvalue weighted by Crippen LogP contribution is 2.35. The van der Waals surface area contributed by atoms with E-state index in [9.17, 15) is 0 Å². The fraction of sp³-hybridized carbons (Fsp3) is 0.600. The van der Waals surface area contributed by atoms with Crippen LogP contribution in [0, 0.1) is 0 Å². The third kappa shape index (κ3) is 3.01. The number of rotatable bonds is 5. The molecule has 1 aromatic rings. The number of hydrogen-bond acceptors (Lipinski definition) is 2. The van der Waals surface area contributed by atoms with Gasteiger partial charge in [0.25, 0.3) is 0 Å². The van der Waals surface area contributed by atoms with Crippen LogP contribution in [0.2, 0.25) is 0 Å². The molecule has 17 heavy (non-hydrogen) atoms. The van der Waals surface area contributed by atoms with E-state index in [2.05, 4.69) is 25.1 Å². The first kappa shape index (κ1) is 12.4. The number of benzene rings is 1. The first-order valence-corrected chi connectivity index (χ1v) is 6.71. The van der Waals surface area contributed by atoms with Gasteiger partial charge in [0.1, 0.15) is 12.4 Å². The zero-order valence-corrected chi connectivity index (χ0v) is 10.6. The lowest BCUT2D eigenvalue weighted by Crippen LogP contribution is -2.04. The first-order chi connectivity index (χ1) is 8.35. The van der Waals surface area contributed by atoms with Gasteiger partial charge < -0.3 is 9.84 Å². The maximum Gasteiger partial charge on any atom is 0.122 e. The van der Waals surface area contributed by atoms with Crippen molar-refractivity contribution in [2.75, 3.05) is 13.2 Å². The minimum Gasteiger partial charge on any atom is -0.491 e. The van der Waals surface area contributed by atoms with Gasteiger partial charge >= 0.3 is 0 Å². The maximum absolute atomic E-state index is 8.79. The van der Waals surface area contributed by atoms with Gasteiger partial charge in [0.2, 0.25) is 0 Å².